The van der Waals surface area contributed by atoms with Crippen LogP contribution in [0.15, 0.2) is 180 Å². The van der Waals surface area contributed by atoms with E-state index in [0.29, 0.717) is 5.82 Å². The molecule has 4 heteroatoms. The van der Waals surface area contributed by atoms with Crippen LogP contribution in [0.5, 0.6) is 0 Å². The fraction of sp³-hybridized carbons (Fsp3) is 0. The molecule has 0 aliphatic heterocycles. The topological polar surface area (TPSA) is 43.9 Å². The smallest absolute Gasteiger partial charge is 0.160 e. The number of aromatic nitrogens is 3. The molecule has 0 amide bonds. The third-order valence-corrected chi connectivity index (χ3v) is 9.63. The number of hydrogen-bond acceptors (Lipinski definition) is 3. The molecule has 10 aromatic rings. The van der Waals surface area contributed by atoms with E-state index in [1.807, 2.05) is 30.3 Å². The Kier molecular flexibility index (Phi) is 6.46. The highest BCUT2D eigenvalue weighted by Crippen LogP contribution is 2.36. The highest BCUT2D eigenvalue weighted by Gasteiger charge is 2.15. The molecule has 10 rings (SSSR count). The summed E-state index contributed by atoms with van der Waals surface area (Å²) in [5, 5.41) is 4.75. The van der Waals surface area contributed by atoms with Crippen LogP contribution in [0.4, 0.5) is 0 Å². The number of benzene rings is 7. The summed E-state index contributed by atoms with van der Waals surface area (Å²) in [6.07, 6.45) is 0. The molecule has 0 atom stereocenters. The second-order valence-electron chi connectivity index (χ2n) is 12.6. The van der Waals surface area contributed by atoms with Gasteiger partial charge in [0.05, 0.1) is 22.4 Å². The van der Waals surface area contributed by atoms with Crippen molar-refractivity contribution in [2.75, 3.05) is 0 Å². The molecule has 50 heavy (non-hydrogen) atoms. The van der Waals surface area contributed by atoms with Crippen LogP contribution in [-0.2, 0) is 0 Å². The summed E-state index contributed by atoms with van der Waals surface area (Å²) in [5.74, 6) is 0.693. The molecule has 0 spiro atoms. The quantitative estimate of drug-likeness (QED) is 0.188. The summed E-state index contributed by atoms with van der Waals surface area (Å²) in [4.78, 5) is 10.2. The summed E-state index contributed by atoms with van der Waals surface area (Å²) in [6, 6.07) is 61.4. The maximum Gasteiger partial charge on any atom is 0.160 e. The molecule has 0 radical (unpaired) electrons. The Balaban J connectivity index is 1.07. The highest BCUT2D eigenvalue weighted by atomic mass is 16.3. The van der Waals surface area contributed by atoms with Gasteiger partial charge >= 0.3 is 0 Å². The van der Waals surface area contributed by atoms with E-state index in [4.69, 9.17) is 14.4 Å². The molecule has 4 nitrogen and oxygen atoms in total. The van der Waals surface area contributed by atoms with Gasteiger partial charge in [0.1, 0.15) is 11.2 Å². The summed E-state index contributed by atoms with van der Waals surface area (Å²) < 4.78 is 8.55. The maximum atomic E-state index is 6.21. The zero-order chi connectivity index (χ0) is 33.0. The van der Waals surface area contributed by atoms with Crippen molar-refractivity contribution < 1.29 is 4.42 Å². The second kappa shape index (κ2) is 11.4. The zero-order valence-corrected chi connectivity index (χ0v) is 27.0. The van der Waals surface area contributed by atoms with Gasteiger partial charge in [-0.2, -0.15) is 0 Å². The number of rotatable bonds is 5. The van der Waals surface area contributed by atoms with Crippen LogP contribution >= 0.6 is 0 Å². The fourth-order valence-corrected chi connectivity index (χ4v) is 7.20. The molecule has 3 aromatic heterocycles. The lowest BCUT2D eigenvalue weighted by atomic mass is 9.99. The number of nitrogens with zero attached hydrogens (tertiary/aromatic N) is 3. The van der Waals surface area contributed by atoms with Crippen molar-refractivity contribution in [3.05, 3.63) is 176 Å². The largest absolute Gasteiger partial charge is 0.456 e. The van der Waals surface area contributed by atoms with Gasteiger partial charge in [-0.1, -0.05) is 121 Å². The Bertz CT molecular complexity index is 2810. The molecule has 3 heterocycles. The number of hydrogen-bond donors (Lipinski definition) is 0. The minimum absolute atomic E-state index is 0.693. The zero-order valence-electron chi connectivity index (χ0n) is 27.0. The summed E-state index contributed by atoms with van der Waals surface area (Å²) in [6.45, 7) is 0. The fourth-order valence-electron chi connectivity index (χ4n) is 7.20. The van der Waals surface area contributed by atoms with Gasteiger partial charge in [0.15, 0.2) is 5.82 Å². The Morgan fingerprint density at radius 1 is 0.360 bits per heavy atom. The van der Waals surface area contributed by atoms with Crippen molar-refractivity contribution in [3.63, 3.8) is 0 Å². The minimum atomic E-state index is 0.693. The highest BCUT2D eigenvalue weighted by molar-refractivity contribution is 6.09. The molecule has 0 unspecified atom stereocenters. The molecule has 0 aliphatic carbocycles. The van der Waals surface area contributed by atoms with Crippen LogP contribution in [0.3, 0.4) is 0 Å². The van der Waals surface area contributed by atoms with E-state index >= 15 is 0 Å². The van der Waals surface area contributed by atoms with Crippen LogP contribution in [0.2, 0.25) is 0 Å². The van der Waals surface area contributed by atoms with E-state index in [2.05, 4.69) is 150 Å². The first-order valence-corrected chi connectivity index (χ1v) is 16.8. The first kappa shape index (κ1) is 28.3. The lowest BCUT2D eigenvalue weighted by molar-refractivity contribution is 0.669. The van der Waals surface area contributed by atoms with Gasteiger partial charge in [-0.05, 0) is 65.7 Å². The van der Waals surface area contributed by atoms with E-state index < -0.39 is 0 Å². The number of furan rings is 1. The van der Waals surface area contributed by atoms with Gasteiger partial charge in [0.2, 0.25) is 0 Å². The minimum Gasteiger partial charge on any atom is -0.456 e. The number of fused-ring (bicyclic) bond motifs is 6. The summed E-state index contributed by atoms with van der Waals surface area (Å²) >= 11 is 0. The molecular formula is C46H29N3O. The Labute approximate surface area is 288 Å². The van der Waals surface area contributed by atoms with Gasteiger partial charge in [-0.3, -0.25) is 0 Å². The SMILES string of the molecule is c1ccc(-c2nc(-c3ccc(-n4c5ccccc5c5ccccc54)cc3)cc(-c3cccc(-c4ccc5c(c4)oc4ccccc45)c3)n2)cc1. The molecule has 0 aliphatic rings. The van der Waals surface area contributed by atoms with Crippen molar-refractivity contribution in [1.29, 1.82) is 0 Å². The molecule has 234 valence electrons. The maximum absolute atomic E-state index is 6.21. The van der Waals surface area contributed by atoms with Crippen molar-refractivity contribution in [2.24, 2.45) is 0 Å². The predicted octanol–water partition coefficient (Wildman–Crippen LogP) is 12.1. The van der Waals surface area contributed by atoms with E-state index in [1.54, 1.807) is 0 Å². The Morgan fingerprint density at radius 3 is 1.68 bits per heavy atom. The standard InChI is InChI=1S/C46H29N3O/c1-2-11-31(12-3-1)46-47-40(30-21-24-35(25-22-30)49-42-18-7-4-15-36(42)37-16-5-8-19-43(37)49)29-41(48-46)34-14-10-13-32(27-34)33-23-26-39-38-17-6-9-20-44(38)50-45(39)28-33/h1-29H. The van der Waals surface area contributed by atoms with Gasteiger partial charge in [0, 0.05) is 43.9 Å². The average molecular weight is 640 g/mol. The Morgan fingerprint density at radius 2 is 0.920 bits per heavy atom. The van der Waals surface area contributed by atoms with Crippen molar-refractivity contribution in [2.45, 2.75) is 0 Å². The first-order chi connectivity index (χ1) is 24.8. The van der Waals surface area contributed by atoms with Crippen LogP contribution in [-0.4, -0.2) is 14.5 Å². The molecule has 0 N–H and O–H groups in total. The average Bonchev–Trinajstić information content (AvgIpc) is 3.74. The van der Waals surface area contributed by atoms with E-state index in [0.717, 1.165) is 66.8 Å². The van der Waals surface area contributed by atoms with Gasteiger partial charge in [-0.25, -0.2) is 9.97 Å². The lowest BCUT2D eigenvalue weighted by Crippen LogP contribution is -1.97. The third kappa shape index (κ3) is 4.69. The van der Waals surface area contributed by atoms with Gasteiger partial charge in [0.25, 0.3) is 0 Å². The molecule has 0 saturated heterocycles. The second-order valence-corrected chi connectivity index (χ2v) is 12.6. The van der Waals surface area contributed by atoms with Crippen LogP contribution in [0, 0.1) is 0 Å². The van der Waals surface area contributed by atoms with E-state index in [-0.39, 0.29) is 0 Å². The molecule has 7 aromatic carbocycles. The molecule has 0 fully saturated rings. The van der Waals surface area contributed by atoms with Crippen LogP contribution in [0.1, 0.15) is 0 Å². The predicted molar refractivity (Wildman–Crippen MR) is 205 cm³/mol. The summed E-state index contributed by atoms with van der Waals surface area (Å²) in [7, 11) is 0. The molecule has 0 saturated carbocycles. The lowest BCUT2D eigenvalue weighted by Gasteiger charge is -2.12. The monoisotopic (exact) mass is 639 g/mol. The van der Waals surface area contributed by atoms with Crippen molar-refractivity contribution in [3.8, 4) is 50.7 Å². The van der Waals surface area contributed by atoms with Gasteiger partial charge in [-0.15, -0.1) is 0 Å². The van der Waals surface area contributed by atoms with Gasteiger partial charge < -0.3 is 8.98 Å². The van der Waals surface area contributed by atoms with Crippen LogP contribution < -0.4 is 0 Å². The van der Waals surface area contributed by atoms with E-state index in [1.165, 1.54) is 21.8 Å². The molecule has 0 bridgehead atoms. The van der Waals surface area contributed by atoms with Crippen LogP contribution in [0.25, 0.3) is 94.5 Å². The van der Waals surface area contributed by atoms with Crippen molar-refractivity contribution in [1.82, 2.24) is 14.5 Å². The van der Waals surface area contributed by atoms with Crippen molar-refractivity contribution >= 4 is 43.7 Å². The number of para-hydroxylation sites is 3. The Hall–Kier alpha value is -6.78. The molecular weight excluding hydrogens is 611 g/mol. The third-order valence-electron chi connectivity index (χ3n) is 9.63. The first-order valence-electron chi connectivity index (χ1n) is 16.8. The normalized spacial score (nSPS) is 11.6. The van der Waals surface area contributed by atoms with E-state index in [9.17, 15) is 0 Å². The summed E-state index contributed by atoms with van der Waals surface area (Å²) in [5.41, 5.74) is 12.2.